The summed E-state index contributed by atoms with van der Waals surface area (Å²) in [6, 6.07) is 9.57. The molecule has 1 atom stereocenters. The zero-order chi connectivity index (χ0) is 17.4. The van der Waals surface area contributed by atoms with Gasteiger partial charge in [0.2, 0.25) is 0 Å². The van der Waals surface area contributed by atoms with Gasteiger partial charge in [-0.1, -0.05) is 18.2 Å². The number of rotatable bonds is 3. The van der Waals surface area contributed by atoms with Crippen molar-refractivity contribution < 1.29 is 14.3 Å². The molecule has 5 heteroatoms. The Balaban J connectivity index is 2.08. The van der Waals surface area contributed by atoms with Gasteiger partial charge in [-0.15, -0.1) is 0 Å². The summed E-state index contributed by atoms with van der Waals surface area (Å²) in [5.41, 5.74) is 5.22. The summed E-state index contributed by atoms with van der Waals surface area (Å²) in [7, 11) is 0. The number of amides is 1. The number of para-hydroxylation sites is 1. The van der Waals surface area contributed by atoms with Crippen molar-refractivity contribution in [3.05, 3.63) is 52.8 Å². The number of aryl methyl sites for hydroxylation is 2. The van der Waals surface area contributed by atoms with E-state index in [1.807, 2.05) is 50.3 Å². The molecule has 1 amide bonds. The van der Waals surface area contributed by atoms with E-state index in [1.165, 1.54) is 11.8 Å². The van der Waals surface area contributed by atoms with Gasteiger partial charge in [-0.3, -0.25) is 14.5 Å². The fourth-order valence-electron chi connectivity index (χ4n) is 3.10. The molecule has 2 heterocycles. The van der Waals surface area contributed by atoms with E-state index < -0.39 is 12.2 Å². The zero-order valence-corrected chi connectivity index (χ0v) is 14.2. The van der Waals surface area contributed by atoms with Gasteiger partial charge in [0, 0.05) is 23.9 Å². The van der Waals surface area contributed by atoms with Crippen LogP contribution in [0.3, 0.4) is 0 Å². The summed E-state index contributed by atoms with van der Waals surface area (Å²) in [6.45, 7) is 7.02. The van der Waals surface area contributed by atoms with E-state index in [9.17, 15) is 9.59 Å². The van der Waals surface area contributed by atoms with Crippen molar-refractivity contribution >= 4 is 29.2 Å². The van der Waals surface area contributed by atoms with Gasteiger partial charge in [0.1, 0.15) is 0 Å². The van der Waals surface area contributed by atoms with Crippen LogP contribution in [0, 0.1) is 13.8 Å². The van der Waals surface area contributed by atoms with Crippen molar-refractivity contribution in [1.29, 1.82) is 0 Å². The average molecular weight is 324 g/mol. The number of esters is 1. The lowest BCUT2D eigenvalue weighted by Gasteiger charge is -2.24. The molecule has 3 rings (SSSR count). The smallest absolute Gasteiger partial charge is 0.304 e. The van der Waals surface area contributed by atoms with Crippen molar-refractivity contribution in [3.8, 4) is 0 Å². The first-order valence-corrected chi connectivity index (χ1v) is 7.86. The molecular formula is C19H20N2O3. The molecule has 24 heavy (non-hydrogen) atoms. The Kier molecular flexibility index (Phi) is 4.01. The number of benzene rings is 1. The Morgan fingerprint density at radius 1 is 1.29 bits per heavy atom. The van der Waals surface area contributed by atoms with Gasteiger partial charge in [0.05, 0.1) is 11.3 Å². The molecule has 0 saturated heterocycles. The minimum absolute atomic E-state index is 0.170. The maximum absolute atomic E-state index is 13.0. The van der Waals surface area contributed by atoms with Crippen LogP contribution < -0.4 is 4.90 Å². The number of nitrogens with zero attached hydrogens (tertiary/aromatic N) is 1. The first-order chi connectivity index (χ1) is 11.4. The number of H-pyrrole nitrogens is 1. The van der Waals surface area contributed by atoms with E-state index in [1.54, 1.807) is 6.92 Å². The largest absolute Gasteiger partial charge is 0.442 e. The van der Waals surface area contributed by atoms with Crippen LogP contribution >= 0.6 is 0 Å². The summed E-state index contributed by atoms with van der Waals surface area (Å²) < 4.78 is 5.22. The highest BCUT2D eigenvalue weighted by molar-refractivity contribution is 6.35. The standard InChI is InChI=1S/C19H20N2O3/c1-11-9-12(2)20-17(11)10-16-15-7-5-6-8-18(15)21(19(16)23)13(3)24-14(4)22/h5-10,13,20H,1-4H3. The number of aromatic nitrogens is 1. The summed E-state index contributed by atoms with van der Waals surface area (Å²) in [5.74, 6) is -0.586. The maximum atomic E-state index is 13.0. The van der Waals surface area contributed by atoms with Gasteiger partial charge in [-0.2, -0.15) is 0 Å². The molecule has 1 N–H and O–H groups in total. The Hall–Kier alpha value is -2.82. The number of carbonyl (C=O) groups excluding carboxylic acids is 2. The Morgan fingerprint density at radius 2 is 2.00 bits per heavy atom. The molecule has 124 valence electrons. The fourth-order valence-corrected chi connectivity index (χ4v) is 3.10. The average Bonchev–Trinajstić information content (AvgIpc) is 2.96. The summed E-state index contributed by atoms with van der Waals surface area (Å²) in [5, 5.41) is 0. The van der Waals surface area contributed by atoms with Gasteiger partial charge in [0.15, 0.2) is 6.23 Å². The van der Waals surface area contributed by atoms with Crippen LogP contribution in [-0.2, 0) is 14.3 Å². The molecule has 0 saturated carbocycles. The minimum atomic E-state index is -0.659. The van der Waals surface area contributed by atoms with E-state index in [0.29, 0.717) is 5.57 Å². The first kappa shape index (κ1) is 16.1. The summed E-state index contributed by atoms with van der Waals surface area (Å²) in [4.78, 5) is 29.0. The molecule has 1 aromatic carbocycles. The number of ether oxygens (including phenoxy) is 1. The van der Waals surface area contributed by atoms with Gasteiger partial charge in [0.25, 0.3) is 5.91 Å². The molecule has 0 aliphatic carbocycles. The van der Waals surface area contributed by atoms with Gasteiger partial charge in [-0.05, 0) is 44.5 Å². The lowest BCUT2D eigenvalue weighted by molar-refractivity contribution is -0.145. The lowest BCUT2D eigenvalue weighted by Crippen LogP contribution is -2.38. The van der Waals surface area contributed by atoms with E-state index in [4.69, 9.17) is 4.74 Å². The molecular weight excluding hydrogens is 304 g/mol. The highest BCUT2D eigenvalue weighted by Gasteiger charge is 2.36. The lowest BCUT2D eigenvalue weighted by atomic mass is 10.1. The van der Waals surface area contributed by atoms with Crippen molar-refractivity contribution in [2.75, 3.05) is 4.90 Å². The highest BCUT2D eigenvalue weighted by atomic mass is 16.6. The third-order valence-electron chi connectivity index (χ3n) is 4.08. The fraction of sp³-hybridized carbons (Fsp3) is 0.263. The van der Waals surface area contributed by atoms with Crippen LogP contribution in [0.5, 0.6) is 0 Å². The molecule has 0 bridgehead atoms. The second kappa shape index (κ2) is 6.00. The third kappa shape index (κ3) is 2.73. The SMILES string of the molecule is CC(=O)OC(C)N1C(=O)C(=Cc2[nH]c(C)cc2C)c2ccccc21. The van der Waals surface area contributed by atoms with Crippen LogP contribution in [0.25, 0.3) is 11.6 Å². The predicted octanol–water partition coefficient (Wildman–Crippen LogP) is 3.43. The minimum Gasteiger partial charge on any atom is -0.442 e. The number of anilines is 1. The van der Waals surface area contributed by atoms with E-state index >= 15 is 0 Å². The second-order valence-corrected chi connectivity index (χ2v) is 6.01. The molecule has 0 spiro atoms. The Bertz CT molecular complexity index is 848. The Labute approximate surface area is 140 Å². The molecule has 1 unspecified atom stereocenters. The van der Waals surface area contributed by atoms with Crippen LogP contribution in [0.15, 0.2) is 30.3 Å². The first-order valence-electron chi connectivity index (χ1n) is 7.86. The summed E-state index contributed by atoms with van der Waals surface area (Å²) >= 11 is 0. The number of carbonyl (C=O) groups is 2. The van der Waals surface area contributed by atoms with Gasteiger partial charge < -0.3 is 9.72 Å². The molecule has 1 aliphatic rings. The zero-order valence-electron chi connectivity index (χ0n) is 14.2. The number of aromatic amines is 1. The topological polar surface area (TPSA) is 62.4 Å². The van der Waals surface area contributed by atoms with Crippen molar-refractivity contribution in [1.82, 2.24) is 4.98 Å². The molecule has 0 radical (unpaired) electrons. The molecule has 1 aliphatic heterocycles. The van der Waals surface area contributed by atoms with Crippen LogP contribution in [0.4, 0.5) is 5.69 Å². The quantitative estimate of drug-likeness (QED) is 0.695. The van der Waals surface area contributed by atoms with Crippen LogP contribution in [-0.4, -0.2) is 23.1 Å². The normalized spacial score (nSPS) is 16.4. The number of fused-ring (bicyclic) bond motifs is 1. The van der Waals surface area contributed by atoms with E-state index in [-0.39, 0.29) is 5.91 Å². The number of nitrogens with one attached hydrogen (secondary N) is 1. The Morgan fingerprint density at radius 3 is 2.62 bits per heavy atom. The highest BCUT2D eigenvalue weighted by Crippen LogP contribution is 2.39. The van der Waals surface area contributed by atoms with Crippen molar-refractivity contribution in [2.24, 2.45) is 0 Å². The number of hydrogen-bond acceptors (Lipinski definition) is 3. The van der Waals surface area contributed by atoms with E-state index in [0.717, 1.165) is 28.2 Å². The summed E-state index contributed by atoms with van der Waals surface area (Å²) in [6.07, 6.45) is 1.21. The molecule has 0 fully saturated rings. The predicted molar refractivity (Wildman–Crippen MR) is 93.3 cm³/mol. The van der Waals surface area contributed by atoms with Crippen molar-refractivity contribution in [2.45, 2.75) is 33.9 Å². The maximum Gasteiger partial charge on any atom is 0.304 e. The number of hydrogen-bond donors (Lipinski definition) is 1. The van der Waals surface area contributed by atoms with Gasteiger partial charge in [-0.25, -0.2) is 0 Å². The molecule has 5 nitrogen and oxygen atoms in total. The van der Waals surface area contributed by atoms with E-state index in [2.05, 4.69) is 4.98 Å². The third-order valence-corrected chi connectivity index (χ3v) is 4.08. The van der Waals surface area contributed by atoms with Crippen LogP contribution in [0.1, 0.15) is 36.4 Å². The van der Waals surface area contributed by atoms with Crippen LogP contribution in [0.2, 0.25) is 0 Å². The second-order valence-electron chi connectivity index (χ2n) is 6.01. The monoisotopic (exact) mass is 324 g/mol. The van der Waals surface area contributed by atoms with Gasteiger partial charge >= 0.3 is 5.97 Å². The molecule has 1 aromatic heterocycles. The molecule has 2 aromatic rings. The van der Waals surface area contributed by atoms with Crippen molar-refractivity contribution in [3.63, 3.8) is 0 Å².